The van der Waals surface area contributed by atoms with Gasteiger partial charge in [-0.15, -0.1) is 0 Å². The van der Waals surface area contributed by atoms with Crippen LogP contribution in [0.2, 0.25) is 0 Å². The fourth-order valence-corrected chi connectivity index (χ4v) is 6.27. The van der Waals surface area contributed by atoms with Crippen molar-refractivity contribution < 1.29 is 24.2 Å². The van der Waals surface area contributed by atoms with Crippen molar-refractivity contribution in [3.63, 3.8) is 0 Å². The number of carbonyl (C=O) groups excluding carboxylic acids is 2. The molecule has 2 atom stereocenters. The first-order valence-corrected chi connectivity index (χ1v) is 15.5. The Balaban J connectivity index is 1.19. The van der Waals surface area contributed by atoms with Crippen molar-refractivity contribution in [2.45, 2.75) is 76.4 Å². The molecule has 7 heteroatoms. The van der Waals surface area contributed by atoms with Gasteiger partial charge in [0.2, 0.25) is 5.91 Å². The molecule has 0 aromatic heterocycles. The first kappa shape index (κ1) is 30.6. The van der Waals surface area contributed by atoms with Gasteiger partial charge in [0.1, 0.15) is 11.4 Å². The lowest BCUT2D eigenvalue weighted by molar-refractivity contribution is -0.126. The molecule has 228 valence electrons. The van der Waals surface area contributed by atoms with Gasteiger partial charge in [0.05, 0.1) is 18.1 Å². The molecule has 3 aromatic carbocycles. The molecule has 2 aliphatic rings. The van der Waals surface area contributed by atoms with Crippen LogP contribution in [-0.2, 0) is 21.4 Å². The van der Waals surface area contributed by atoms with E-state index < -0.39 is 23.2 Å². The van der Waals surface area contributed by atoms with Gasteiger partial charge in [-0.25, -0.2) is 4.79 Å². The standard InChI is InChI=1S/C36H44N2O5/c1-35(2,3)43-34(41)38-21-9-20-37-33(40)36(18-7-8-19-36)29-16-17-30-31(23-29)42-24-28(32(30)39)22-25-12-14-27(15-13-25)26-10-5-4-6-11-26/h4-6,10-17,23,28,32,39H,7-9,18-22,24H2,1-3H3,(H,37,40)(H,38,41). The molecule has 1 fully saturated rings. The quantitative estimate of drug-likeness (QED) is 0.250. The Morgan fingerprint density at radius 2 is 1.60 bits per heavy atom. The molecule has 3 aromatic rings. The Labute approximate surface area is 255 Å². The topological polar surface area (TPSA) is 96.9 Å². The molecule has 1 saturated carbocycles. The van der Waals surface area contributed by atoms with E-state index in [0.717, 1.165) is 42.4 Å². The number of aliphatic hydroxyl groups excluding tert-OH is 1. The predicted molar refractivity (Wildman–Crippen MR) is 168 cm³/mol. The second kappa shape index (κ2) is 13.2. The highest BCUT2D eigenvalue weighted by Crippen LogP contribution is 2.45. The van der Waals surface area contributed by atoms with E-state index in [1.807, 2.05) is 57.2 Å². The molecular formula is C36H44N2O5. The van der Waals surface area contributed by atoms with E-state index in [-0.39, 0.29) is 11.8 Å². The Morgan fingerprint density at radius 3 is 2.30 bits per heavy atom. The number of carbonyl (C=O) groups is 2. The van der Waals surface area contributed by atoms with Crippen LogP contribution in [0.25, 0.3) is 11.1 Å². The second-order valence-corrected chi connectivity index (χ2v) is 12.9. The Hall–Kier alpha value is -3.84. The van der Waals surface area contributed by atoms with Gasteiger partial charge in [-0.1, -0.05) is 79.6 Å². The third-order valence-electron chi connectivity index (χ3n) is 8.54. The number of hydrogen-bond acceptors (Lipinski definition) is 5. The average Bonchev–Trinajstić information content (AvgIpc) is 3.50. The molecule has 0 radical (unpaired) electrons. The number of alkyl carbamates (subject to hydrolysis) is 1. The molecule has 0 bridgehead atoms. The van der Waals surface area contributed by atoms with Crippen molar-refractivity contribution in [1.82, 2.24) is 10.6 Å². The molecule has 43 heavy (non-hydrogen) atoms. The maximum atomic E-state index is 13.5. The highest BCUT2D eigenvalue weighted by atomic mass is 16.6. The largest absolute Gasteiger partial charge is 0.493 e. The summed E-state index contributed by atoms with van der Waals surface area (Å²) < 4.78 is 11.5. The zero-order chi connectivity index (χ0) is 30.5. The molecule has 7 nitrogen and oxygen atoms in total. The zero-order valence-electron chi connectivity index (χ0n) is 25.5. The summed E-state index contributed by atoms with van der Waals surface area (Å²) in [6, 6.07) is 24.7. The summed E-state index contributed by atoms with van der Waals surface area (Å²) in [5.41, 5.74) is 4.08. The smallest absolute Gasteiger partial charge is 0.407 e. The van der Waals surface area contributed by atoms with E-state index in [4.69, 9.17) is 9.47 Å². The van der Waals surface area contributed by atoms with Crippen LogP contribution in [0.4, 0.5) is 4.79 Å². The molecule has 3 N–H and O–H groups in total. The maximum absolute atomic E-state index is 13.5. The SMILES string of the molecule is CC(C)(C)OC(=O)NCCCNC(=O)C1(c2ccc3c(c2)OCC(Cc2ccc(-c4ccccc4)cc2)C3O)CCCC1. The highest BCUT2D eigenvalue weighted by Gasteiger charge is 2.43. The average molecular weight is 585 g/mol. The molecule has 0 spiro atoms. The monoisotopic (exact) mass is 584 g/mol. The van der Waals surface area contributed by atoms with Crippen molar-refractivity contribution in [2.24, 2.45) is 5.92 Å². The van der Waals surface area contributed by atoms with Gasteiger partial charge in [-0.2, -0.15) is 0 Å². The molecule has 2 unspecified atom stereocenters. The molecule has 0 saturated heterocycles. The highest BCUT2D eigenvalue weighted by molar-refractivity contribution is 5.88. The lowest BCUT2D eigenvalue weighted by Crippen LogP contribution is -2.43. The maximum Gasteiger partial charge on any atom is 0.407 e. The zero-order valence-corrected chi connectivity index (χ0v) is 25.5. The van der Waals surface area contributed by atoms with Crippen molar-refractivity contribution in [1.29, 1.82) is 0 Å². The predicted octanol–water partition coefficient (Wildman–Crippen LogP) is 6.48. The van der Waals surface area contributed by atoms with E-state index in [9.17, 15) is 14.7 Å². The number of hydrogen-bond donors (Lipinski definition) is 3. The van der Waals surface area contributed by atoms with Crippen LogP contribution in [0.5, 0.6) is 5.75 Å². The summed E-state index contributed by atoms with van der Waals surface area (Å²) in [4.78, 5) is 25.4. The minimum Gasteiger partial charge on any atom is -0.493 e. The van der Waals surface area contributed by atoms with E-state index in [1.165, 1.54) is 11.1 Å². The molecule has 5 rings (SSSR count). The normalized spacial score (nSPS) is 19.2. The van der Waals surface area contributed by atoms with Crippen LogP contribution in [0.3, 0.4) is 0 Å². The van der Waals surface area contributed by atoms with Crippen molar-refractivity contribution in [3.05, 3.63) is 89.5 Å². The fraction of sp³-hybridized carbons (Fsp3) is 0.444. The van der Waals surface area contributed by atoms with Crippen LogP contribution < -0.4 is 15.4 Å². The van der Waals surface area contributed by atoms with Gasteiger partial charge in [-0.05, 0) is 74.8 Å². The lowest BCUT2D eigenvalue weighted by atomic mass is 9.76. The Morgan fingerprint density at radius 1 is 0.930 bits per heavy atom. The fourth-order valence-electron chi connectivity index (χ4n) is 6.27. The number of amides is 2. The molecule has 2 amide bonds. The third kappa shape index (κ3) is 7.39. The first-order chi connectivity index (χ1) is 20.6. The van der Waals surface area contributed by atoms with E-state index in [1.54, 1.807) is 0 Å². The van der Waals surface area contributed by atoms with Crippen LogP contribution >= 0.6 is 0 Å². The van der Waals surface area contributed by atoms with Gasteiger partial charge in [0, 0.05) is 24.6 Å². The van der Waals surface area contributed by atoms with Crippen LogP contribution in [0.1, 0.15) is 75.7 Å². The number of aliphatic hydroxyl groups is 1. The number of rotatable bonds is 9. The van der Waals surface area contributed by atoms with Gasteiger partial charge in [0.15, 0.2) is 0 Å². The summed E-state index contributed by atoms with van der Waals surface area (Å²) in [5, 5.41) is 17.2. The van der Waals surface area contributed by atoms with E-state index >= 15 is 0 Å². The Kier molecular flexibility index (Phi) is 9.40. The minimum atomic E-state index is -0.641. The second-order valence-electron chi connectivity index (χ2n) is 12.9. The summed E-state index contributed by atoms with van der Waals surface area (Å²) in [6.45, 7) is 6.78. The van der Waals surface area contributed by atoms with Crippen molar-refractivity contribution >= 4 is 12.0 Å². The van der Waals surface area contributed by atoms with Gasteiger partial charge >= 0.3 is 6.09 Å². The third-order valence-corrected chi connectivity index (χ3v) is 8.54. The summed E-state index contributed by atoms with van der Waals surface area (Å²) in [7, 11) is 0. The number of nitrogens with one attached hydrogen (secondary N) is 2. The van der Waals surface area contributed by atoms with Gasteiger partial charge in [-0.3, -0.25) is 4.79 Å². The molecule has 1 aliphatic heterocycles. The number of ether oxygens (including phenoxy) is 2. The van der Waals surface area contributed by atoms with Crippen LogP contribution in [0.15, 0.2) is 72.8 Å². The first-order valence-electron chi connectivity index (χ1n) is 15.5. The Bertz CT molecular complexity index is 1390. The number of benzene rings is 3. The summed E-state index contributed by atoms with van der Waals surface area (Å²) in [5.74, 6) is 0.621. The molecular weight excluding hydrogens is 540 g/mol. The van der Waals surface area contributed by atoms with Crippen molar-refractivity contribution in [3.8, 4) is 16.9 Å². The molecule has 1 aliphatic carbocycles. The van der Waals surface area contributed by atoms with Crippen molar-refractivity contribution in [2.75, 3.05) is 19.7 Å². The van der Waals surface area contributed by atoms with E-state index in [0.29, 0.717) is 38.3 Å². The summed E-state index contributed by atoms with van der Waals surface area (Å²) >= 11 is 0. The number of fused-ring (bicyclic) bond motifs is 1. The van der Waals surface area contributed by atoms with Gasteiger partial charge < -0.3 is 25.2 Å². The molecule has 1 heterocycles. The van der Waals surface area contributed by atoms with Crippen LogP contribution in [0, 0.1) is 5.92 Å². The van der Waals surface area contributed by atoms with E-state index in [2.05, 4.69) is 47.0 Å². The summed E-state index contributed by atoms with van der Waals surface area (Å²) in [6.07, 6.45) is 3.75. The lowest BCUT2D eigenvalue weighted by Gasteiger charge is -2.33. The van der Waals surface area contributed by atoms with Gasteiger partial charge in [0.25, 0.3) is 0 Å². The minimum absolute atomic E-state index is 0.00963. The van der Waals surface area contributed by atoms with Crippen LogP contribution in [-0.4, -0.2) is 42.4 Å².